The van der Waals surface area contributed by atoms with Crippen LogP contribution < -0.4 is 0 Å². The maximum Gasteiger partial charge on any atom is -0.00382 e. The van der Waals surface area contributed by atoms with E-state index in [4.69, 9.17) is 0 Å². The summed E-state index contributed by atoms with van der Waals surface area (Å²) in [6.45, 7) is 7.51. The maximum atomic E-state index is 2.69. The Morgan fingerprint density at radius 1 is 0.885 bits per heavy atom. The molecule has 2 saturated carbocycles. The van der Waals surface area contributed by atoms with Crippen LogP contribution in [0.15, 0.2) is 42.0 Å². The monoisotopic (exact) mass is 346 g/mol. The van der Waals surface area contributed by atoms with Gasteiger partial charge in [-0.15, -0.1) is 0 Å². The van der Waals surface area contributed by atoms with Crippen LogP contribution in [0.3, 0.4) is 0 Å². The highest BCUT2D eigenvalue weighted by Crippen LogP contribution is 2.66. The quantitative estimate of drug-likeness (QED) is 0.467. The van der Waals surface area contributed by atoms with E-state index in [2.05, 4.69) is 57.2 Å². The third-order valence-corrected chi connectivity index (χ3v) is 9.03. The van der Waals surface area contributed by atoms with Crippen LogP contribution in [0.4, 0.5) is 0 Å². The molecular formula is C26H34. The van der Waals surface area contributed by atoms with Crippen molar-refractivity contribution < 1.29 is 0 Å². The van der Waals surface area contributed by atoms with Gasteiger partial charge in [0.25, 0.3) is 0 Å². The lowest BCUT2D eigenvalue weighted by Gasteiger charge is -2.57. The van der Waals surface area contributed by atoms with E-state index in [1.807, 2.05) is 5.57 Å². The largest absolute Gasteiger partial charge is 0.0845 e. The van der Waals surface area contributed by atoms with Crippen molar-refractivity contribution in [2.75, 3.05) is 0 Å². The van der Waals surface area contributed by atoms with Crippen LogP contribution in [-0.2, 0) is 0 Å². The topological polar surface area (TPSA) is 0 Å². The number of fused-ring (bicyclic) bond motifs is 5. The summed E-state index contributed by atoms with van der Waals surface area (Å²) in [5.74, 6) is 2.69. The molecule has 0 aromatic heterocycles. The molecule has 138 valence electrons. The fourth-order valence-corrected chi connectivity index (χ4v) is 7.56. The lowest BCUT2D eigenvalue weighted by atomic mass is 9.47. The predicted octanol–water partition coefficient (Wildman–Crippen LogP) is 7.34. The molecule has 2 fully saturated rings. The van der Waals surface area contributed by atoms with E-state index in [0.29, 0.717) is 10.8 Å². The van der Waals surface area contributed by atoms with Gasteiger partial charge in [-0.05, 0) is 97.2 Å². The van der Waals surface area contributed by atoms with Gasteiger partial charge < -0.3 is 0 Å². The van der Waals surface area contributed by atoms with Crippen LogP contribution in [0.5, 0.6) is 0 Å². The summed E-state index contributed by atoms with van der Waals surface area (Å²) >= 11 is 0. The Kier molecular flexibility index (Phi) is 3.79. The molecule has 0 saturated heterocycles. The molecule has 0 nitrogen and oxygen atoms in total. The molecule has 1 aromatic rings. The molecule has 0 heteroatoms. The van der Waals surface area contributed by atoms with Gasteiger partial charge in [0, 0.05) is 0 Å². The minimum atomic E-state index is 0.393. The van der Waals surface area contributed by atoms with E-state index >= 15 is 0 Å². The number of benzene rings is 1. The number of aryl methyl sites for hydroxylation is 1. The molecule has 0 heterocycles. The van der Waals surface area contributed by atoms with Crippen LogP contribution in [-0.4, -0.2) is 0 Å². The maximum absolute atomic E-state index is 2.69. The lowest BCUT2D eigenvalue weighted by Crippen LogP contribution is -2.48. The van der Waals surface area contributed by atoms with Gasteiger partial charge in [0.1, 0.15) is 0 Å². The first-order valence-electron chi connectivity index (χ1n) is 11.0. The Balaban J connectivity index is 1.50. The van der Waals surface area contributed by atoms with Gasteiger partial charge >= 0.3 is 0 Å². The average Bonchev–Trinajstić information content (AvgIpc) is 2.99. The Morgan fingerprint density at radius 3 is 2.58 bits per heavy atom. The third kappa shape index (κ3) is 2.20. The molecule has 5 atom stereocenters. The van der Waals surface area contributed by atoms with E-state index in [1.54, 1.807) is 5.57 Å². The minimum Gasteiger partial charge on any atom is -0.0845 e. The zero-order chi connectivity index (χ0) is 17.9. The number of allylic oxidation sites excluding steroid dienone is 4. The smallest absolute Gasteiger partial charge is 0.00382 e. The third-order valence-electron chi connectivity index (χ3n) is 9.03. The second kappa shape index (κ2) is 5.85. The van der Waals surface area contributed by atoms with Gasteiger partial charge in [0.05, 0.1) is 0 Å². The molecule has 26 heavy (non-hydrogen) atoms. The highest BCUT2D eigenvalue weighted by molar-refractivity contribution is 5.75. The fourth-order valence-electron chi connectivity index (χ4n) is 7.56. The summed E-state index contributed by atoms with van der Waals surface area (Å²) in [6.07, 6.45) is 16.5. The molecule has 0 N–H and O–H groups in total. The van der Waals surface area contributed by atoms with E-state index in [9.17, 15) is 0 Å². The van der Waals surface area contributed by atoms with Crippen molar-refractivity contribution in [2.45, 2.75) is 72.1 Å². The summed E-state index contributed by atoms with van der Waals surface area (Å²) in [5, 5.41) is 0. The Hall–Kier alpha value is -1.30. The minimum absolute atomic E-state index is 0.393. The van der Waals surface area contributed by atoms with Gasteiger partial charge in [-0.3, -0.25) is 0 Å². The van der Waals surface area contributed by atoms with E-state index in [1.165, 1.54) is 62.5 Å². The number of hydrogen-bond donors (Lipinski definition) is 0. The lowest BCUT2D eigenvalue weighted by molar-refractivity contribution is -0.00981. The summed E-state index contributed by atoms with van der Waals surface area (Å²) in [7, 11) is 0. The molecule has 0 spiro atoms. The molecule has 0 radical (unpaired) electrons. The van der Waals surface area contributed by atoms with Crippen molar-refractivity contribution in [1.29, 1.82) is 0 Å². The molecular weight excluding hydrogens is 312 g/mol. The first kappa shape index (κ1) is 16.8. The van der Waals surface area contributed by atoms with Gasteiger partial charge in [-0.2, -0.15) is 0 Å². The number of hydrogen-bond acceptors (Lipinski definition) is 0. The Bertz CT molecular complexity index is 781. The van der Waals surface area contributed by atoms with Crippen molar-refractivity contribution in [2.24, 2.45) is 28.6 Å². The van der Waals surface area contributed by atoms with Gasteiger partial charge in [-0.1, -0.05) is 62.3 Å². The molecule has 0 aliphatic heterocycles. The molecule has 0 amide bonds. The van der Waals surface area contributed by atoms with Crippen molar-refractivity contribution >= 4 is 5.57 Å². The second-order valence-electron chi connectivity index (χ2n) is 10.1. The van der Waals surface area contributed by atoms with Crippen LogP contribution in [0.25, 0.3) is 5.57 Å². The summed E-state index contributed by atoms with van der Waals surface area (Å²) < 4.78 is 0. The molecule has 1 aromatic carbocycles. The van der Waals surface area contributed by atoms with E-state index in [0.717, 1.165) is 17.8 Å². The van der Waals surface area contributed by atoms with Crippen molar-refractivity contribution in [3.63, 3.8) is 0 Å². The average molecular weight is 347 g/mol. The van der Waals surface area contributed by atoms with Crippen molar-refractivity contribution in [3.8, 4) is 0 Å². The SMILES string of the molecule is Cc1ccccc1C1=CCC2C3CC=C4CCCCC4(C)C3CCC12C. The van der Waals surface area contributed by atoms with E-state index < -0.39 is 0 Å². The Labute approximate surface area is 159 Å². The highest BCUT2D eigenvalue weighted by atomic mass is 14.6. The zero-order valence-corrected chi connectivity index (χ0v) is 16.9. The number of rotatable bonds is 1. The van der Waals surface area contributed by atoms with Crippen LogP contribution in [0.1, 0.15) is 76.3 Å². The van der Waals surface area contributed by atoms with Gasteiger partial charge in [0.2, 0.25) is 0 Å². The second-order valence-corrected chi connectivity index (χ2v) is 10.1. The summed E-state index contributed by atoms with van der Waals surface area (Å²) in [6, 6.07) is 9.06. The molecule has 5 rings (SSSR count). The van der Waals surface area contributed by atoms with E-state index in [-0.39, 0.29) is 0 Å². The van der Waals surface area contributed by atoms with Crippen LogP contribution in [0.2, 0.25) is 0 Å². The highest BCUT2D eigenvalue weighted by Gasteiger charge is 2.56. The first-order chi connectivity index (χ1) is 12.5. The van der Waals surface area contributed by atoms with Crippen LogP contribution in [0, 0.1) is 35.5 Å². The normalized spacial score (nSPS) is 41.6. The molecule has 4 aliphatic carbocycles. The van der Waals surface area contributed by atoms with Gasteiger partial charge in [0.15, 0.2) is 0 Å². The standard InChI is InChI=1S/C26H34/c1-18-8-4-5-10-20(18)22-13-14-23-21-12-11-19-9-6-7-16-25(19,2)24(21)15-17-26(22,23)3/h4-5,8,10-11,13,21,23-24H,6-7,9,12,14-17H2,1-3H3. The fraction of sp³-hybridized carbons (Fsp3) is 0.615. The van der Waals surface area contributed by atoms with Crippen molar-refractivity contribution in [3.05, 3.63) is 53.1 Å². The molecule has 4 aliphatic rings. The van der Waals surface area contributed by atoms with Crippen molar-refractivity contribution in [1.82, 2.24) is 0 Å². The molecule has 0 bridgehead atoms. The Morgan fingerprint density at radius 2 is 1.73 bits per heavy atom. The summed E-state index contributed by atoms with van der Waals surface area (Å²) in [5.41, 5.74) is 7.39. The summed E-state index contributed by atoms with van der Waals surface area (Å²) in [4.78, 5) is 0. The zero-order valence-electron chi connectivity index (χ0n) is 16.9. The predicted molar refractivity (Wildman–Crippen MR) is 111 cm³/mol. The first-order valence-corrected chi connectivity index (χ1v) is 11.0. The van der Waals surface area contributed by atoms with Gasteiger partial charge in [-0.25, -0.2) is 0 Å². The van der Waals surface area contributed by atoms with Crippen LogP contribution >= 0.6 is 0 Å². The molecule has 5 unspecified atom stereocenters.